The molecule has 800 valence electrons. The Hall–Kier alpha value is -12.6. The quantitative estimate of drug-likeness (QED) is 0.0175. The average Bonchev–Trinajstić information content (AvgIpc) is 0.540. The highest BCUT2D eigenvalue weighted by molar-refractivity contribution is 9.11. The molecule has 35 heteroatoms. The fourth-order valence-electron chi connectivity index (χ4n) is 18.1. The number of ether oxygens (including phenoxy) is 17. The molecule has 5 amide bonds. The van der Waals surface area contributed by atoms with Crippen molar-refractivity contribution in [2.24, 2.45) is 0 Å². The molecule has 9 aromatic rings. The first-order chi connectivity index (χ1) is 71.7. The standard InChI is InChI=1S/C24H33BrN2O5.C24H32N2O4.C22H27BrN2O5.C22H28N2O4.C21H25BrN2O4/c1-29-13-8-18-7-12-27(17-19(18)9-14-30-2)11-6-5-10-26-24(28)21-15-20(25)16-22(31-3)23(21)32-4;1-17-7-8-21(28-2)20(13-17)24(27)25-10-5-6-11-26-12-9-18-14-22(29-3)23(30-4)15-19(18)16-26;1-27-18-9-14-5-7-25(13-15(14)10-19(18)28-2)8-6-24-22(26)17-11-16(23)12-20(29-3)21(17)30-4;1-15-5-6-19(26-2)18(11-15)22(25)23-8-10-24-9-7-16-12-20(27-3)21(28-4)13-17(16)14-24;1-26-18-5-4-16(22)12-17(18)21(25)23-7-9-24-8-6-14-10-19(27-2)20(28-3)11-15(14)13-24/h8-9,13-16H,5-7,10-12,17H2,1-4H3,(H,26,28);7-8,13-15H,5-6,9-12,16H2,1-4H3,(H,25,27);9-12H,5-8,13H2,1-4H3,(H,24,26);5-6,11-13H,7-10,14H2,1-4H3,(H,23,25);4-5,10-12H,6-9,13H2,1-3H3,(H,23,25)/b13-8-,14-9-;;;;. The van der Waals surface area contributed by atoms with E-state index >= 15 is 0 Å². The van der Waals surface area contributed by atoms with Gasteiger partial charge in [0.05, 0.1) is 161 Å². The monoisotopic (exact) mass is 2230 g/mol. The van der Waals surface area contributed by atoms with Crippen molar-refractivity contribution in [2.75, 3.05) is 226 Å². The molecule has 148 heavy (non-hydrogen) atoms. The van der Waals surface area contributed by atoms with Crippen LogP contribution < -0.4 is 97.6 Å². The minimum atomic E-state index is -0.199. The first-order valence-electron chi connectivity index (χ1n) is 49.2. The summed E-state index contributed by atoms with van der Waals surface area (Å²) >= 11 is 10.2. The predicted molar refractivity (Wildman–Crippen MR) is 585 cm³/mol. The zero-order chi connectivity index (χ0) is 107. The van der Waals surface area contributed by atoms with Gasteiger partial charge in [-0.1, -0.05) is 71.0 Å². The summed E-state index contributed by atoms with van der Waals surface area (Å²) in [6, 6.07) is 40.2. The van der Waals surface area contributed by atoms with Crippen LogP contribution in [0.15, 0.2) is 177 Å². The van der Waals surface area contributed by atoms with Crippen molar-refractivity contribution in [3.8, 4) is 86.2 Å². The topological polar surface area (TPSA) is 319 Å². The molecule has 5 heterocycles. The smallest absolute Gasteiger partial charge is 0.255 e. The first kappa shape index (κ1) is 117. The van der Waals surface area contributed by atoms with Crippen LogP contribution in [0.4, 0.5) is 0 Å². The number of carbonyl (C=O) groups is 5. The van der Waals surface area contributed by atoms with E-state index in [2.05, 4.69) is 135 Å². The Kier molecular flexibility index (Phi) is 48.1. The minimum absolute atomic E-state index is 0.0801. The highest BCUT2D eigenvalue weighted by atomic mass is 79.9. The normalized spacial score (nSPS) is 13.8. The third-order valence-corrected chi connectivity index (χ3v) is 27.4. The molecule has 0 aromatic heterocycles. The van der Waals surface area contributed by atoms with E-state index in [9.17, 15) is 24.0 Å². The van der Waals surface area contributed by atoms with Crippen LogP contribution in [0.3, 0.4) is 0 Å². The lowest BCUT2D eigenvalue weighted by Gasteiger charge is -2.29. The predicted octanol–water partition coefficient (Wildman–Crippen LogP) is 17.2. The third-order valence-electron chi connectivity index (χ3n) is 26.0. The number of nitrogens with zero attached hydrogens (tertiary/aromatic N) is 5. The van der Waals surface area contributed by atoms with E-state index in [4.69, 9.17) is 80.5 Å². The number of rotatable bonds is 43. The number of unbranched alkanes of at least 4 members (excludes halogenated alkanes) is 2. The number of carbonyl (C=O) groups excluding carboxylic acids is 5. The van der Waals surface area contributed by atoms with Crippen LogP contribution in [-0.4, -0.2) is 280 Å². The van der Waals surface area contributed by atoms with Crippen LogP contribution in [0.1, 0.15) is 140 Å². The third kappa shape index (κ3) is 33.7. The van der Waals surface area contributed by atoms with Gasteiger partial charge in [-0.05, 0) is 268 Å². The summed E-state index contributed by atoms with van der Waals surface area (Å²) < 4.78 is 93.1. The second kappa shape index (κ2) is 60.8. The van der Waals surface area contributed by atoms with Crippen molar-refractivity contribution in [2.45, 2.75) is 97.8 Å². The lowest BCUT2D eigenvalue weighted by molar-refractivity contribution is 0.0935. The molecule has 0 aliphatic carbocycles. The lowest BCUT2D eigenvalue weighted by Crippen LogP contribution is -2.38. The van der Waals surface area contributed by atoms with Crippen molar-refractivity contribution in [1.82, 2.24) is 51.1 Å². The Morgan fingerprint density at radius 1 is 0.257 bits per heavy atom. The van der Waals surface area contributed by atoms with Crippen LogP contribution in [0.5, 0.6) is 86.2 Å². The van der Waals surface area contributed by atoms with Crippen molar-refractivity contribution in [1.29, 1.82) is 0 Å². The number of aryl methyl sites for hydroxylation is 2. The zero-order valence-corrected chi connectivity index (χ0v) is 93.5. The molecule has 5 N–H and O–H groups in total. The van der Waals surface area contributed by atoms with E-state index in [0.717, 1.165) is 226 Å². The molecule has 0 atom stereocenters. The highest BCUT2D eigenvalue weighted by Gasteiger charge is 2.29. The van der Waals surface area contributed by atoms with Gasteiger partial charge < -0.3 is 107 Å². The summed E-state index contributed by atoms with van der Waals surface area (Å²) in [5.41, 5.74) is 17.4. The summed E-state index contributed by atoms with van der Waals surface area (Å²) in [6.07, 6.45) is 16.1. The van der Waals surface area contributed by atoms with Crippen LogP contribution in [0, 0.1) is 13.8 Å². The molecule has 5 aliphatic rings. The van der Waals surface area contributed by atoms with Gasteiger partial charge in [0.25, 0.3) is 29.5 Å². The van der Waals surface area contributed by atoms with E-state index in [-0.39, 0.29) is 29.5 Å². The molecule has 0 unspecified atom stereocenters. The molecule has 0 spiro atoms. The number of allylic oxidation sites excluding steroid dienone is 1. The maximum absolute atomic E-state index is 12.7. The second-order valence-corrected chi connectivity index (χ2v) is 38.2. The van der Waals surface area contributed by atoms with Crippen LogP contribution in [-0.2, 0) is 61.3 Å². The fourth-order valence-corrected chi connectivity index (χ4v) is 19.3. The number of amides is 5. The Morgan fingerprint density at radius 2 is 0.520 bits per heavy atom. The van der Waals surface area contributed by atoms with Gasteiger partial charge in [-0.15, -0.1) is 0 Å². The molecule has 0 radical (unpaired) electrons. The maximum atomic E-state index is 12.7. The first-order valence-corrected chi connectivity index (χ1v) is 51.6. The molecule has 14 rings (SSSR count). The fraction of sp³-hybridized carbons (Fsp3) is 0.425. The molecule has 5 aliphatic heterocycles. The summed E-state index contributed by atoms with van der Waals surface area (Å²) in [4.78, 5) is 74.7. The summed E-state index contributed by atoms with van der Waals surface area (Å²) in [6.45, 7) is 20.2. The molecule has 0 fully saturated rings. The van der Waals surface area contributed by atoms with Gasteiger partial charge in [-0.2, -0.15) is 0 Å². The zero-order valence-electron chi connectivity index (χ0n) is 88.8. The van der Waals surface area contributed by atoms with Crippen LogP contribution in [0.25, 0.3) is 0 Å². The molecule has 9 aromatic carbocycles. The van der Waals surface area contributed by atoms with Crippen molar-refractivity contribution in [3.63, 3.8) is 0 Å². The largest absolute Gasteiger partial charge is 0.504 e. The number of hydrogen-bond donors (Lipinski definition) is 5. The van der Waals surface area contributed by atoms with Crippen molar-refractivity contribution in [3.05, 3.63) is 260 Å². The molecule has 0 saturated heterocycles. The van der Waals surface area contributed by atoms with Crippen LogP contribution in [0.2, 0.25) is 0 Å². The van der Waals surface area contributed by atoms with Crippen molar-refractivity contribution >= 4 is 77.3 Å². The molecular formula is C113H145Br3N10O22. The summed E-state index contributed by atoms with van der Waals surface area (Å²) in [5, 5.41) is 15.0. The van der Waals surface area contributed by atoms with E-state index in [1.165, 1.54) is 69.9 Å². The van der Waals surface area contributed by atoms with E-state index in [1.54, 1.807) is 156 Å². The van der Waals surface area contributed by atoms with Gasteiger partial charge >= 0.3 is 0 Å². The van der Waals surface area contributed by atoms with Crippen molar-refractivity contribution < 1.29 is 104 Å². The number of nitrogens with one attached hydrogen (secondary N) is 5. The van der Waals surface area contributed by atoms with Gasteiger partial charge in [0.1, 0.15) is 17.2 Å². The lowest BCUT2D eigenvalue weighted by atomic mass is 9.98. The van der Waals surface area contributed by atoms with E-state index in [1.807, 2.05) is 80.6 Å². The number of methoxy groups -OCH3 is 17. The van der Waals surface area contributed by atoms with E-state index in [0.29, 0.717) is 101 Å². The minimum Gasteiger partial charge on any atom is -0.504 e. The Bertz CT molecular complexity index is 5880. The van der Waals surface area contributed by atoms with Gasteiger partial charge in [0.15, 0.2) is 69.0 Å². The second-order valence-electron chi connectivity index (χ2n) is 35.5. The number of halogens is 3. The average molecular weight is 2240 g/mol. The van der Waals surface area contributed by atoms with Crippen LogP contribution >= 0.6 is 47.8 Å². The van der Waals surface area contributed by atoms with Gasteiger partial charge in [-0.25, -0.2) is 0 Å². The maximum Gasteiger partial charge on any atom is 0.255 e. The molecule has 0 bridgehead atoms. The summed E-state index contributed by atoms with van der Waals surface area (Å²) in [5.74, 6) is 9.07. The number of benzene rings is 9. The van der Waals surface area contributed by atoms with Gasteiger partial charge in [0.2, 0.25) is 0 Å². The summed E-state index contributed by atoms with van der Waals surface area (Å²) in [7, 11) is 27.4. The van der Waals surface area contributed by atoms with E-state index < -0.39 is 0 Å². The number of hydrogen-bond acceptors (Lipinski definition) is 27. The van der Waals surface area contributed by atoms with Gasteiger partial charge in [-0.3, -0.25) is 48.5 Å². The highest BCUT2D eigenvalue weighted by Crippen LogP contribution is 2.41. The Morgan fingerprint density at radius 3 is 0.831 bits per heavy atom. The Labute approximate surface area is 896 Å². The van der Waals surface area contributed by atoms with Gasteiger partial charge in [0, 0.05) is 131 Å². The number of fused-ring (bicyclic) bond motifs is 4. The molecular weight excluding hydrogens is 2090 g/mol. The molecule has 0 saturated carbocycles. The Balaban J connectivity index is 0.000000189. The SMILES string of the molecule is CO/C=C\C1=C(/C=C\OC)CN(CCCCNC(=O)c2cc(Br)cc(OC)c2OC)CC1.COc1cc2c(cc1OC)CN(CCCCNC(=O)c1cc(C)ccc1OC)CC2.COc1cc2c(cc1OC)CN(CCNC(=O)c1cc(Br)cc(OC)c1OC)CC2.COc1cc2c(cc1OC)CN(CCNC(=O)c1cc(Br)ccc1OC)CC2.COc1cc2c(cc1OC)CN(CCNC(=O)c1cc(C)ccc1OC)CC2. The molecule has 32 nitrogen and oxygen atoms in total.